The summed E-state index contributed by atoms with van der Waals surface area (Å²) < 4.78 is 4.30. The first kappa shape index (κ1) is 17.4. The van der Waals surface area contributed by atoms with Crippen LogP contribution < -0.4 is 10.6 Å². The van der Waals surface area contributed by atoms with Gasteiger partial charge in [0, 0.05) is 18.4 Å². The Balaban J connectivity index is 3.83. The topological polar surface area (TPSA) is 105 Å². The van der Waals surface area contributed by atoms with E-state index in [4.69, 9.17) is 0 Å². The second-order valence-electron chi connectivity index (χ2n) is 5.10. The predicted octanol–water partition coefficient (Wildman–Crippen LogP) is -0.811. The van der Waals surface area contributed by atoms with Crippen molar-refractivity contribution in [2.45, 2.75) is 33.3 Å². The Bertz CT molecular complexity index is 336. The van der Waals surface area contributed by atoms with Crippen LogP contribution in [0.2, 0.25) is 0 Å². The smallest absolute Gasteiger partial charge is 0.336 e. The fraction of sp³-hybridized carbons (Fsp3) is 0.750. The van der Waals surface area contributed by atoms with Crippen molar-refractivity contribution in [3.63, 3.8) is 0 Å². The number of methoxy groups -OCH3 is 1. The van der Waals surface area contributed by atoms with Gasteiger partial charge >= 0.3 is 5.97 Å². The Hall–Kier alpha value is -1.63. The molecule has 0 aromatic rings. The number of nitrogens with one attached hydrogen (secondary N) is 2. The van der Waals surface area contributed by atoms with Gasteiger partial charge in [0.25, 0.3) is 0 Å². The molecule has 7 nitrogen and oxygen atoms in total. The van der Waals surface area contributed by atoms with Gasteiger partial charge in [-0.25, -0.2) is 4.79 Å². The number of esters is 1. The minimum absolute atomic E-state index is 0.0791. The maximum absolute atomic E-state index is 11.5. The van der Waals surface area contributed by atoms with Gasteiger partial charge in [0.15, 0.2) is 6.10 Å². The van der Waals surface area contributed by atoms with Crippen LogP contribution in [-0.4, -0.2) is 49.2 Å². The van der Waals surface area contributed by atoms with E-state index in [0.29, 0.717) is 0 Å². The molecule has 0 fully saturated rings. The maximum atomic E-state index is 11.5. The molecule has 2 amide bonds. The standard InChI is InChI=1S/C12H22N2O5/c1-12(2,3)11(18)13-6-5-9(16)14-7-8(15)10(17)19-4/h8,15H,5-7H2,1-4H3,(H,13,18)(H,14,16). The summed E-state index contributed by atoms with van der Waals surface area (Å²) in [5, 5.41) is 14.2. The van der Waals surface area contributed by atoms with Crippen molar-refractivity contribution in [3.05, 3.63) is 0 Å². The molecule has 0 aliphatic rings. The summed E-state index contributed by atoms with van der Waals surface area (Å²) in [4.78, 5) is 33.7. The number of hydrogen-bond acceptors (Lipinski definition) is 5. The fourth-order valence-electron chi connectivity index (χ4n) is 1.07. The second-order valence-corrected chi connectivity index (χ2v) is 5.10. The molecule has 3 N–H and O–H groups in total. The molecule has 0 aromatic carbocycles. The minimum atomic E-state index is -1.38. The molecule has 0 heterocycles. The van der Waals surface area contributed by atoms with Crippen molar-refractivity contribution in [2.75, 3.05) is 20.2 Å². The molecule has 19 heavy (non-hydrogen) atoms. The van der Waals surface area contributed by atoms with E-state index in [0.717, 1.165) is 7.11 Å². The van der Waals surface area contributed by atoms with Crippen LogP contribution in [0, 0.1) is 5.41 Å². The summed E-state index contributed by atoms with van der Waals surface area (Å²) in [6.07, 6.45) is -1.30. The summed E-state index contributed by atoms with van der Waals surface area (Å²) in [5.41, 5.74) is -0.502. The van der Waals surface area contributed by atoms with Crippen LogP contribution >= 0.6 is 0 Å². The summed E-state index contributed by atoms with van der Waals surface area (Å²) in [6.45, 7) is 5.31. The monoisotopic (exact) mass is 274 g/mol. The van der Waals surface area contributed by atoms with Gasteiger partial charge in [0.1, 0.15) is 0 Å². The van der Waals surface area contributed by atoms with E-state index in [1.54, 1.807) is 20.8 Å². The van der Waals surface area contributed by atoms with Gasteiger partial charge in [0.2, 0.25) is 11.8 Å². The highest BCUT2D eigenvalue weighted by molar-refractivity contribution is 5.82. The Morgan fingerprint density at radius 3 is 2.26 bits per heavy atom. The lowest BCUT2D eigenvalue weighted by Gasteiger charge is -2.17. The third kappa shape index (κ3) is 7.40. The summed E-state index contributed by atoms with van der Waals surface area (Å²) in [6, 6.07) is 0. The van der Waals surface area contributed by atoms with Crippen molar-refractivity contribution >= 4 is 17.8 Å². The molecule has 110 valence electrons. The zero-order chi connectivity index (χ0) is 15.1. The first-order valence-corrected chi connectivity index (χ1v) is 5.99. The third-order valence-electron chi connectivity index (χ3n) is 2.28. The molecule has 0 rings (SSSR count). The lowest BCUT2D eigenvalue weighted by molar-refractivity contribution is -0.150. The van der Waals surface area contributed by atoms with Crippen LogP contribution in [0.1, 0.15) is 27.2 Å². The molecular weight excluding hydrogens is 252 g/mol. The van der Waals surface area contributed by atoms with E-state index in [2.05, 4.69) is 15.4 Å². The van der Waals surface area contributed by atoms with Crippen LogP contribution in [0.5, 0.6) is 0 Å². The number of amides is 2. The molecule has 0 bridgehead atoms. The molecule has 0 aliphatic carbocycles. The fourth-order valence-corrected chi connectivity index (χ4v) is 1.07. The Morgan fingerprint density at radius 2 is 1.79 bits per heavy atom. The first-order chi connectivity index (χ1) is 8.68. The highest BCUT2D eigenvalue weighted by atomic mass is 16.5. The molecule has 1 atom stereocenters. The Labute approximate surface area is 112 Å². The largest absolute Gasteiger partial charge is 0.467 e. The highest BCUT2D eigenvalue weighted by Crippen LogP contribution is 2.11. The van der Waals surface area contributed by atoms with Gasteiger partial charge in [-0.2, -0.15) is 0 Å². The lowest BCUT2D eigenvalue weighted by atomic mass is 9.96. The average molecular weight is 274 g/mol. The number of hydrogen-bond donors (Lipinski definition) is 3. The van der Waals surface area contributed by atoms with Crippen LogP contribution in [-0.2, 0) is 19.1 Å². The van der Waals surface area contributed by atoms with E-state index >= 15 is 0 Å². The van der Waals surface area contributed by atoms with Crippen molar-refractivity contribution in [2.24, 2.45) is 5.41 Å². The summed E-state index contributed by atoms with van der Waals surface area (Å²) in [7, 11) is 1.15. The van der Waals surface area contributed by atoms with Gasteiger partial charge in [0.05, 0.1) is 13.7 Å². The Kier molecular flexibility index (Phi) is 7.06. The molecule has 0 aliphatic heterocycles. The van der Waals surface area contributed by atoms with Crippen LogP contribution in [0.25, 0.3) is 0 Å². The molecule has 1 unspecified atom stereocenters. The van der Waals surface area contributed by atoms with Crippen LogP contribution in [0.4, 0.5) is 0 Å². The molecule has 7 heteroatoms. The van der Waals surface area contributed by atoms with Gasteiger partial charge in [-0.15, -0.1) is 0 Å². The normalized spacial score (nSPS) is 12.5. The van der Waals surface area contributed by atoms with E-state index in [9.17, 15) is 19.5 Å². The zero-order valence-electron chi connectivity index (χ0n) is 11.8. The molecule has 0 saturated heterocycles. The minimum Gasteiger partial charge on any atom is -0.467 e. The lowest BCUT2D eigenvalue weighted by Crippen LogP contribution is -2.40. The Morgan fingerprint density at radius 1 is 1.21 bits per heavy atom. The van der Waals surface area contributed by atoms with E-state index in [1.807, 2.05) is 0 Å². The number of ether oxygens (including phenoxy) is 1. The SMILES string of the molecule is COC(=O)C(O)CNC(=O)CCNC(=O)C(C)(C)C. The van der Waals surface area contributed by atoms with Gasteiger partial charge < -0.3 is 20.5 Å². The highest BCUT2D eigenvalue weighted by Gasteiger charge is 2.21. The quantitative estimate of drug-likeness (QED) is 0.549. The number of rotatable bonds is 6. The van der Waals surface area contributed by atoms with Gasteiger partial charge in [-0.3, -0.25) is 9.59 Å². The third-order valence-corrected chi connectivity index (χ3v) is 2.28. The second kappa shape index (κ2) is 7.73. The number of carbonyl (C=O) groups excluding carboxylic acids is 3. The van der Waals surface area contributed by atoms with Gasteiger partial charge in [-0.05, 0) is 0 Å². The molecule has 0 saturated carbocycles. The summed E-state index contributed by atoms with van der Waals surface area (Å²) >= 11 is 0. The van der Waals surface area contributed by atoms with Crippen molar-refractivity contribution < 1.29 is 24.2 Å². The molecular formula is C12H22N2O5. The summed E-state index contributed by atoms with van der Waals surface area (Å²) in [5.74, 6) is -1.31. The molecule has 0 aromatic heterocycles. The molecule has 0 radical (unpaired) electrons. The van der Waals surface area contributed by atoms with E-state index in [-0.39, 0.29) is 31.3 Å². The van der Waals surface area contributed by atoms with Crippen molar-refractivity contribution in [3.8, 4) is 0 Å². The predicted molar refractivity (Wildman–Crippen MR) is 68.1 cm³/mol. The van der Waals surface area contributed by atoms with Crippen LogP contribution in [0.3, 0.4) is 0 Å². The first-order valence-electron chi connectivity index (χ1n) is 5.99. The zero-order valence-corrected chi connectivity index (χ0v) is 11.8. The van der Waals surface area contributed by atoms with Gasteiger partial charge in [-0.1, -0.05) is 20.8 Å². The number of aliphatic hydroxyl groups excluding tert-OH is 1. The van der Waals surface area contributed by atoms with Crippen LogP contribution in [0.15, 0.2) is 0 Å². The number of aliphatic hydroxyl groups is 1. The maximum Gasteiger partial charge on any atom is 0.336 e. The number of carbonyl (C=O) groups is 3. The van der Waals surface area contributed by atoms with E-state index in [1.165, 1.54) is 0 Å². The van der Waals surface area contributed by atoms with E-state index < -0.39 is 17.5 Å². The molecule has 0 spiro atoms. The van der Waals surface area contributed by atoms with Crippen molar-refractivity contribution in [1.82, 2.24) is 10.6 Å². The average Bonchev–Trinajstić information content (AvgIpc) is 2.33. The van der Waals surface area contributed by atoms with Crippen molar-refractivity contribution in [1.29, 1.82) is 0 Å².